The van der Waals surface area contributed by atoms with Crippen LogP contribution in [0.1, 0.15) is 17.2 Å². The highest BCUT2D eigenvalue weighted by Crippen LogP contribution is 2.27. The third-order valence-electron chi connectivity index (χ3n) is 2.64. The van der Waals surface area contributed by atoms with Crippen LogP contribution in [0.3, 0.4) is 0 Å². The van der Waals surface area contributed by atoms with Gasteiger partial charge in [-0.3, -0.25) is 5.84 Å². The summed E-state index contributed by atoms with van der Waals surface area (Å²) in [6.07, 6.45) is 0. The fraction of sp³-hybridized carbons (Fsp3) is 0.0769. The fourth-order valence-corrected chi connectivity index (χ4v) is 2.40. The first-order valence-electron chi connectivity index (χ1n) is 5.28. The van der Waals surface area contributed by atoms with Gasteiger partial charge in [-0.05, 0) is 35.9 Å². The summed E-state index contributed by atoms with van der Waals surface area (Å²) in [6, 6.07) is 12.0. The third-order valence-corrected chi connectivity index (χ3v) is 3.66. The van der Waals surface area contributed by atoms with Crippen molar-refractivity contribution in [1.82, 2.24) is 5.43 Å². The Morgan fingerprint density at radius 1 is 1.00 bits per heavy atom. The van der Waals surface area contributed by atoms with Gasteiger partial charge in [0.25, 0.3) is 0 Å². The molecule has 3 N–H and O–H groups in total. The largest absolute Gasteiger partial charge is 0.271 e. The van der Waals surface area contributed by atoms with Crippen LogP contribution >= 0.6 is 31.9 Å². The highest BCUT2D eigenvalue weighted by molar-refractivity contribution is 9.10. The van der Waals surface area contributed by atoms with Crippen LogP contribution in [-0.2, 0) is 0 Å². The molecule has 1 atom stereocenters. The maximum absolute atomic E-state index is 13.8. The van der Waals surface area contributed by atoms with E-state index in [1.807, 2.05) is 24.3 Å². The molecule has 2 rings (SSSR count). The monoisotopic (exact) mass is 372 g/mol. The molecule has 2 nitrogen and oxygen atoms in total. The Hall–Kier alpha value is -0.750. The molecule has 5 heteroatoms. The van der Waals surface area contributed by atoms with Crippen LogP contribution in [0, 0.1) is 5.82 Å². The lowest BCUT2D eigenvalue weighted by atomic mass is 9.99. The molecule has 0 radical (unpaired) electrons. The molecule has 0 aromatic heterocycles. The highest BCUT2D eigenvalue weighted by Gasteiger charge is 2.16. The first-order chi connectivity index (χ1) is 8.61. The number of rotatable bonds is 3. The molecule has 0 amide bonds. The first kappa shape index (κ1) is 13.7. The number of nitrogens with two attached hydrogens (primary N) is 1. The van der Waals surface area contributed by atoms with Crippen LogP contribution in [0.15, 0.2) is 51.4 Å². The smallest absolute Gasteiger partial charge is 0.128 e. The van der Waals surface area contributed by atoms with E-state index in [4.69, 9.17) is 5.84 Å². The summed E-state index contributed by atoms with van der Waals surface area (Å²) in [4.78, 5) is 0. The van der Waals surface area contributed by atoms with E-state index in [-0.39, 0.29) is 11.9 Å². The first-order valence-corrected chi connectivity index (χ1v) is 6.87. The SMILES string of the molecule is NNC(c1ccc(Br)cc1)c1cc(Br)ccc1F. The Labute approximate surface area is 122 Å². The maximum atomic E-state index is 13.8. The molecular weight excluding hydrogens is 363 g/mol. The summed E-state index contributed by atoms with van der Waals surface area (Å²) in [5, 5.41) is 0. The number of nitrogens with one attached hydrogen (secondary N) is 1. The molecule has 94 valence electrons. The van der Waals surface area contributed by atoms with Crippen LogP contribution in [0.4, 0.5) is 4.39 Å². The standard InChI is InChI=1S/C13H11Br2FN2/c14-9-3-1-8(2-4-9)13(18-17)11-7-10(15)5-6-12(11)16/h1-7,13,18H,17H2. The van der Waals surface area contributed by atoms with Gasteiger partial charge in [-0.15, -0.1) is 0 Å². The van der Waals surface area contributed by atoms with Crippen molar-refractivity contribution >= 4 is 31.9 Å². The number of hydrogen-bond acceptors (Lipinski definition) is 2. The Morgan fingerprint density at radius 3 is 2.22 bits per heavy atom. The van der Waals surface area contributed by atoms with Gasteiger partial charge in [0, 0.05) is 14.5 Å². The van der Waals surface area contributed by atoms with Crippen LogP contribution in [0.5, 0.6) is 0 Å². The van der Waals surface area contributed by atoms with Crippen molar-refractivity contribution in [1.29, 1.82) is 0 Å². The molecule has 1 unspecified atom stereocenters. The van der Waals surface area contributed by atoms with Crippen molar-refractivity contribution in [3.8, 4) is 0 Å². The predicted octanol–water partition coefficient (Wildman–Crippen LogP) is 3.90. The average Bonchev–Trinajstić information content (AvgIpc) is 2.37. The number of hydrogen-bond donors (Lipinski definition) is 2. The Balaban J connectivity index is 2.44. The fourth-order valence-electron chi connectivity index (χ4n) is 1.76. The van der Waals surface area contributed by atoms with Crippen molar-refractivity contribution in [3.05, 3.63) is 68.4 Å². The number of benzene rings is 2. The zero-order chi connectivity index (χ0) is 13.1. The van der Waals surface area contributed by atoms with Crippen molar-refractivity contribution in [3.63, 3.8) is 0 Å². The maximum Gasteiger partial charge on any atom is 0.128 e. The van der Waals surface area contributed by atoms with Crippen LogP contribution < -0.4 is 11.3 Å². The molecule has 0 aliphatic carbocycles. The van der Waals surface area contributed by atoms with E-state index in [1.165, 1.54) is 6.07 Å². The van der Waals surface area contributed by atoms with E-state index < -0.39 is 0 Å². The van der Waals surface area contributed by atoms with E-state index in [1.54, 1.807) is 12.1 Å². The van der Waals surface area contributed by atoms with Crippen LogP contribution in [0.25, 0.3) is 0 Å². The molecule has 2 aromatic rings. The topological polar surface area (TPSA) is 38.0 Å². The molecule has 0 saturated carbocycles. The highest BCUT2D eigenvalue weighted by atomic mass is 79.9. The van der Waals surface area contributed by atoms with Crippen LogP contribution in [-0.4, -0.2) is 0 Å². The minimum atomic E-state index is -0.379. The van der Waals surface area contributed by atoms with Gasteiger partial charge in [-0.1, -0.05) is 44.0 Å². The van der Waals surface area contributed by atoms with Gasteiger partial charge in [0.2, 0.25) is 0 Å². The number of halogens is 3. The van der Waals surface area contributed by atoms with Gasteiger partial charge in [0.05, 0.1) is 6.04 Å². The van der Waals surface area contributed by atoms with Gasteiger partial charge in [-0.2, -0.15) is 0 Å². The van der Waals surface area contributed by atoms with E-state index in [0.29, 0.717) is 5.56 Å². The zero-order valence-corrected chi connectivity index (χ0v) is 12.5. The van der Waals surface area contributed by atoms with E-state index in [0.717, 1.165) is 14.5 Å². The Bertz CT molecular complexity index is 543. The lowest BCUT2D eigenvalue weighted by Gasteiger charge is -2.18. The average molecular weight is 374 g/mol. The summed E-state index contributed by atoms with van der Waals surface area (Å²) >= 11 is 6.70. The third kappa shape index (κ3) is 2.98. The second-order valence-corrected chi connectivity index (χ2v) is 5.65. The minimum absolute atomic E-state index is 0.288. The molecular formula is C13H11Br2FN2. The number of hydrazine groups is 1. The summed E-state index contributed by atoms with van der Waals surface area (Å²) in [7, 11) is 0. The van der Waals surface area contributed by atoms with Gasteiger partial charge in [0.1, 0.15) is 5.82 Å². The van der Waals surface area contributed by atoms with E-state index in [9.17, 15) is 4.39 Å². The minimum Gasteiger partial charge on any atom is -0.271 e. The van der Waals surface area contributed by atoms with Gasteiger partial charge in [-0.25, -0.2) is 9.82 Å². The molecule has 0 aliphatic heterocycles. The van der Waals surface area contributed by atoms with E-state index in [2.05, 4.69) is 37.3 Å². The lowest BCUT2D eigenvalue weighted by molar-refractivity contribution is 0.559. The van der Waals surface area contributed by atoms with Crippen molar-refractivity contribution in [2.45, 2.75) is 6.04 Å². The molecule has 18 heavy (non-hydrogen) atoms. The van der Waals surface area contributed by atoms with Crippen molar-refractivity contribution < 1.29 is 4.39 Å². The van der Waals surface area contributed by atoms with E-state index >= 15 is 0 Å². The molecule has 2 aromatic carbocycles. The molecule has 0 spiro atoms. The second-order valence-electron chi connectivity index (χ2n) is 3.82. The quantitative estimate of drug-likeness (QED) is 0.632. The lowest BCUT2D eigenvalue weighted by Crippen LogP contribution is -2.29. The van der Waals surface area contributed by atoms with Gasteiger partial charge < -0.3 is 0 Å². The summed E-state index contributed by atoms with van der Waals surface area (Å²) in [6.45, 7) is 0. The Morgan fingerprint density at radius 2 is 1.61 bits per heavy atom. The van der Waals surface area contributed by atoms with Crippen LogP contribution in [0.2, 0.25) is 0 Å². The second kappa shape index (κ2) is 5.93. The molecule has 0 heterocycles. The predicted molar refractivity (Wildman–Crippen MR) is 77.4 cm³/mol. The Kier molecular flexibility index (Phi) is 4.50. The normalized spacial score (nSPS) is 12.4. The van der Waals surface area contributed by atoms with Gasteiger partial charge in [0.15, 0.2) is 0 Å². The summed E-state index contributed by atoms with van der Waals surface area (Å²) in [5.41, 5.74) is 4.06. The molecule has 0 aliphatic rings. The molecule has 0 saturated heterocycles. The zero-order valence-electron chi connectivity index (χ0n) is 9.33. The van der Waals surface area contributed by atoms with Crippen molar-refractivity contribution in [2.75, 3.05) is 0 Å². The summed E-state index contributed by atoms with van der Waals surface area (Å²) in [5.74, 6) is 5.26. The molecule has 0 fully saturated rings. The van der Waals surface area contributed by atoms with Gasteiger partial charge >= 0.3 is 0 Å². The van der Waals surface area contributed by atoms with Crippen molar-refractivity contribution in [2.24, 2.45) is 5.84 Å². The summed E-state index contributed by atoms with van der Waals surface area (Å²) < 4.78 is 15.6. The molecule has 0 bridgehead atoms.